The molecular weight excluding hydrogens is 505 g/mol. The molecule has 2 rings (SSSR count). The highest BCUT2D eigenvalue weighted by atomic mass is 127. The largest absolute Gasteiger partial charge is 0.496 e. The number of halogens is 2. The second-order valence-electron chi connectivity index (χ2n) is 6.91. The Morgan fingerprint density at radius 1 is 1.24 bits per heavy atom. The smallest absolute Gasteiger partial charge is 0.191 e. The van der Waals surface area contributed by atoms with Gasteiger partial charge in [-0.3, -0.25) is 4.99 Å². The number of hydrogen-bond acceptors (Lipinski definition) is 4. The summed E-state index contributed by atoms with van der Waals surface area (Å²) in [4.78, 5) is 4.91. The molecule has 0 unspecified atom stereocenters. The van der Waals surface area contributed by atoms with Gasteiger partial charge in [-0.25, -0.2) is 0 Å². The first-order valence-electron chi connectivity index (χ1n) is 10.2. The molecule has 1 aromatic rings. The highest BCUT2D eigenvalue weighted by Crippen LogP contribution is 2.41. The van der Waals surface area contributed by atoms with E-state index in [1.165, 1.54) is 0 Å². The molecule has 166 valence electrons. The van der Waals surface area contributed by atoms with Crippen LogP contribution in [0.25, 0.3) is 0 Å². The lowest BCUT2D eigenvalue weighted by atomic mass is 9.73. The molecule has 1 heterocycles. The zero-order valence-corrected chi connectivity index (χ0v) is 20.8. The number of hydrogen-bond donors (Lipinski definition) is 2. The number of rotatable bonds is 10. The van der Waals surface area contributed by atoms with E-state index in [-0.39, 0.29) is 29.4 Å². The number of nitrogens with zero attached hydrogens (tertiary/aromatic N) is 1. The minimum absolute atomic E-state index is 0. The van der Waals surface area contributed by atoms with Crippen LogP contribution >= 0.6 is 35.6 Å². The maximum Gasteiger partial charge on any atom is 0.191 e. The summed E-state index contributed by atoms with van der Waals surface area (Å²) in [5, 5.41) is 7.44. The van der Waals surface area contributed by atoms with E-state index >= 15 is 0 Å². The highest BCUT2D eigenvalue weighted by Gasteiger charge is 2.37. The van der Waals surface area contributed by atoms with E-state index in [1.807, 2.05) is 25.1 Å². The molecule has 0 amide bonds. The molecule has 1 aliphatic rings. The van der Waals surface area contributed by atoms with Crippen LogP contribution < -0.4 is 15.4 Å². The summed E-state index contributed by atoms with van der Waals surface area (Å²) in [6.07, 6.45) is 2.72. The van der Waals surface area contributed by atoms with Gasteiger partial charge in [-0.1, -0.05) is 11.6 Å². The second-order valence-corrected chi connectivity index (χ2v) is 7.35. The molecule has 1 fully saturated rings. The van der Waals surface area contributed by atoms with E-state index in [1.54, 1.807) is 7.11 Å². The molecule has 1 saturated heterocycles. The first kappa shape index (κ1) is 26.3. The lowest BCUT2D eigenvalue weighted by molar-refractivity contribution is 0.0523. The Balaban J connectivity index is 0.00000420. The van der Waals surface area contributed by atoms with E-state index in [0.717, 1.165) is 62.8 Å². The van der Waals surface area contributed by atoms with Crippen molar-refractivity contribution in [3.8, 4) is 5.75 Å². The van der Waals surface area contributed by atoms with Crippen molar-refractivity contribution in [2.24, 2.45) is 4.99 Å². The molecule has 0 radical (unpaired) electrons. The maximum absolute atomic E-state index is 6.32. The number of aliphatic imine (C=N–C) groups is 1. The highest BCUT2D eigenvalue weighted by molar-refractivity contribution is 14.0. The van der Waals surface area contributed by atoms with E-state index in [4.69, 9.17) is 30.8 Å². The van der Waals surface area contributed by atoms with Crippen LogP contribution in [0.5, 0.6) is 5.75 Å². The third kappa shape index (κ3) is 8.11. The molecule has 6 nitrogen and oxygen atoms in total. The van der Waals surface area contributed by atoms with Crippen molar-refractivity contribution < 1.29 is 14.2 Å². The quantitative estimate of drug-likeness (QED) is 0.204. The Morgan fingerprint density at radius 2 is 2.00 bits per heavy atom. The van der Waals surface area contributed by atoms with E-state index in [2.05, 4.69) is 17.6 Å². The Labute approximate surface area is 197 Å². The number of methoxy groups -OCH3 is 1. The van der Waals surface area contributed by atoms with Gasteiger partial charge >= 0.3 is 0 Å². The molecule has 29 heavy (non-hydrogen) atoms. The standard InChI is InChI=1S/C21H34ClN3O3.HI/c1-4-23-20(24-11-6-12-27-5-2)25-16-21(9-13-28-14-10-21)18-15-17(22)7-8-19(18)26-3;/h7-8,15H,4-6,9-14,16H2,1-3H3,(H2,23,24,25);1H. The van der Waals surface area contributed by atoms with Gasteiger partial charge in [-0.05, 0) is 51.3 Å². The van der Waals surface area contributed by atoms with Gasteiger partial charge in [0.2, 0.25) is 0 Å². The Hall–Kier alpha value is -0.770. The SMILES string of the molecule is CCNC(=NCC1(c2cc(Cl)ccc2OC)CCOCC1)NCCCOCC.I. The van der Waals surface area contributed by atoms with Crippen molar-refractivity contribution in [3.63, 3.8) is 0 Å². The Morgan fingerprint density at radius 3 is 2.66 bits per heavy atom. The molecule has 0 atom stereocenters. The number of ether oxygens (including phenoxy) is 3. The van der Waals surface area contributed by atoms with Crippen molar-refractivity contribution in [2.45, 2.75) is 38.5 Å². The predicted octanol–water partition coefficient (Wildman–Crippen LogP) is 4.00. The number of guanidine groups is 1. The van der Waals surface area contributed by atoms with Gasteiger partial charge in [0, 0.05) is 55.5 Å². The fourth-order valence-corrected chi connectivity index (χ4v) is 3.64. The lowest BCUT2D eigenvalue weighted by Crippen LogP contribution is -2.41. The van der Waals surface area contributed by atoms with Gasteiger partial charge < -0.3 is 24.8 Å². The third-order valence-electron chi connectivity index (χ3n) is 5.03. The van der Waals surface area contributed by atoms with E-state index in [0.29, 0.717) is 24.8 Å². The molecule has 8 heteroatoms. The van der Waals surface area contributed by atoms with Gasteiger partial charge in [0.25, 0.3) is 0 Å². The van der Waals surface area contributed by atoms with Crippen molar-refractivity contribution in [1.82, 2.24) is 10.6 Å². The lowest BCUT2D eigenvalue weighted by Gasteiger charge is -2.37. The normalized spacial score (nSPS) is 16.1. The number of nitrogens with one attached hydrogen (secondary N) is 2. The summed E-state index contributed by atoms with van der Waals surface area (Å²) in [6, 6.07) is 5.82. The van der Waals surface area contributed by atoms with Crippen molar-refractivity contribution >= 4 is 41.5 Å². The van der Waals surface area contributed by atoms with Crippen LogP contribution in [0, 0.1) is 0 Å². The van der Waals surface area contributed by atoms with Gasteiger partial charge in [-0.15, -0.1) is 24.0 Å². The molecule has 2 N–H and O–H groups in total. The molecule has 0 aliphatic carbocycles. The van der Waals surface area contributed by atoms with Gasteiger partial charge in [0.1, 0.15) is 5.75 Å². The van der Waals surface area contributed by atoms with Crippen LogP contribution in [0.15, 0.2) is 23.2 Å². The summed E-state index contributed by atoms with van der Waals surface area (Å²) < 4.78 is 16.7. The molecule has 0 bridgehead atoms. The molecule has 0 aromatic heterocycles. The molecule has 1 aliphatic heterocycles. The zero-order valence-electron chi connectivity index (χ0n) is 17.8. The van der Waals surface area contributed by atoms with Gasteiger partial charge in [0.15, 0.2) is 5.96 Å². The van der Waals surface area contributed by atoms with Crippen LogP contribution in [0.3, 0.4) is 0 Å². The minimum Gasteiger partial charge on any atom is -0.496 e. The molecular formula is C21H35ClIN3O3. The maximum atomic E-state index is 6.32. The molecule has 0 saturated carbocycles. The molecule has 1 aromatic carbocycles. The van der Waals surface area contributed by atoms with Crippen molar-refractivity contribution in [1.29, 1.82) is 0 Å². The first-order chi connectivity index (χ1) is 13.6. The monoisotopic (exact) mass is 539 g/mol. The zero-order chi connectivity index (χ0) is 20.2. The fourth-order valence-electron chi connectivity index (χ4n) is 3.47. The third-order valence-corrected chi connectivity index (χ3v) is 5.26. The topological polar surface area (TPSA) is 64.1 Å². The van der Waals surface area contributed by atoms with Crippen molar-refractivity contribution in [2.75, 3.05) is 53.2 Å². The summed E-state index contributed by atoms with van der Waals surface area (Å²) in [5.74, 6) is 1.68. The Kier molecular flexibility index (Phi) is 12.9. The minimum atomic E-state index is -0.151. The fraction of sp³-hybridized carbons (Fsp3) is 0.667. The van der Waals surface area contributed by atoms with E-state index < -0.39 is 0 Å². The number of benzene rings is 1. The summed E-state index contributed by atoms with van der Waals surface area (Å²) in [5.41, 5.74) is 0.962. The van der Waals surface area contributed by atoms with Crippen molar-refractivity contribution in [3.05, 3.63) is 28.8 Å². The summed E-state index contributed by atoms with van der Waals surface area (Å²) >= 11 is 6.32. The van der Waals surface area contributed by atoms with Crippen LogP contribution in [-0.4, -0.2) is 59.1 Å². The van der Waals surface area contributed by atoms with Crippen LogP contribution in [0.4, 0.5) is 0 Å². The van der Waals surface area contributed by atoms with Crippen LogP contribution in [0.1, 0.15) is 38.7 Å². The van der Waals surface area contributed by atoms with Gasteiger partial charge in [0.05, 0.1) is 13.7 Å². The average Bonchev–Trinajstić information content (AvgIpc) is 2.72. The second kappa shape index (κ2) is 14.3. The predicted molar refractivity (Wildman–Crippen MR) is 130 cm³/mol. The Bertz CT molecular complexity index is 625. The summed E-state index contributed by atoms with van der Waals surface area (Å²) in [6.45, 7) is 9.29. The van der Waals surface area contributed by atoms with Crippen LogP contribution in [-0.2, 0) is 14.9 Å². The van der Waals surface area contributed by atoms with Crippen LogP contribution in [0.2, 0.25) is 5.02 Å². The summed E-state index contributed by atoms with van der Waals surface area (Å²) in [7, 11) is 1.70. The first-order valence-corrected chi connectivity index (χ1v) is 10.5. The van der Waals surface area contributed by atoms with Gasteiger partial charge in [-0.2, -0.15) is 0 Å². The van der Waals surface area contributed by atoms with E-state index in [9.17, 15) is 0 Å². The average molecular weight is 540 g/mol. The molecule has 0 spiro atoms.